The number of ether oxygens (including phenoxy) is 1. The van der Waals surface area contributed by atoms with Crippen LogP contribution in [0.25, 0.3) is 0 Å². The molecule has 2 heterocycles. The highest BCUT2D eigenvalue weighted by Gasteiger charge is 2.14. The van der Waals surface area contributed by atoms with Crippen LogP contribution in [0.2, 0.25) is 0 Å². The van der Waals surface area contributed by atoms with Crippen molar-refractivity contribution in [2.24, 2.45) is 0 Å². The lowest BCUT2D eigenvalue weighted by Crippen LogP contribution is -2.38. The number of carbonyl (C=O) groups excluding carboxylic acids is 1. The van der Waals surface area contributed by atoms with E-state index in [1.807, 2.05) is 0 Å². The fraction of sp³-hybridized carbons (Fsp3) is 0.583. The van der Waals surface area contributed by atoms with Crippen LogP contribution in [0.4, 0.5) is 0 Å². The number of carbonyl (C=O) groups is 1. The van der Waals surface area contributed by atoms with Gasteiger partial charge in [-0.05, 0) is 31.5 Å². The Morgan fingerprint density at radius 3 is 3.19 bits per heavy atom. The molecular weight excluding hydrogens is 206 g/mol. The molecule has 2 rings (SSSR count). The molecule has 1 aliphatic heterocycles. The Hall–Kier alpha value is -1.13. The molecule has 0 aliphatic carbocycles. The normalized spacial score (nSPS) is 20.9. The molecule has 1 saturated heterocycles. The van der Waals surface area contributed by atoms with Crippen LogP contribution in [0.3, 0.4) is 0 Å². The van der Waals surface area contributed by atoms with E-state index in [1.54, 1.807) is 12.1 Å². The molecule has 4 heteroatoms. The highest BCUT2D eigenvalue weighted by molar-refractivity contribution is 5.94. The standard InChI is InChI=1S/C12H17NO3/c14-11(12-5-3-7-16-12)9-15-8-10-4-1-2-6-13-10/h3,5,7,10,13H,1-2,4,6,8-9H2/t10-/m1/s1. The summed E-state index contributed by atoms with van der Waals surface area (Å²) in [5, 5.41) is 3.37. The summed E-state index contributed by atoms with van der Waals surface area (Å²) in [7, 11) is 0. The monoisotopic (exact) mass is 223 g/mol. The molecule has 1 aromatic heterocycles. The first-order valence-corrected chi connectivity index (χ1v) is 5.74. The summed E-state index contributed by atoms with van der Waals surface area (Å²) < 4.78 is 10.4. The first-order chi connectivity index (χ1) is 7.86. The number of ketones is 1. The van der Waals surface area contributed by atoms with Gasteiger partial charge in [0.05, 0.1) is 12.9 Å². The Morgan fingerprint density at radius 2 is 2.50 bits per heavy atom. The summed E-state index contributed by atoms with van der Waals surface area (Å²) in [6.07, 6.45) is 5.11. The van der Waals surface area contributed by atoms with E-state index in [2.05, 4.69) is 5.32 Å². The summed E-state index contributed by atoms with van der Waals surface area (Å²) in [4.78, 5) is 11.5. The summed E-state index contributed by atoms with van der Waals surface area (Å²) in [6, 6.07) is 3.76. The van der Waals surface area contributed by atoms with E-state index >= 15 is 0 Å². The van der Waals surface area contributed by atoms with Gasteiger partial charge >= 0.3 is 0 Å². The number of nitrogens with one attached hydrogen (secondary N) is 1. The molecule has 88 valence electrons. The van der Waals surface area contributed by atoms with Gasteiger partial charge in [-0.3, -0.25) is 4.79 Å². The Balaban J connectivity index is 1.66. The van der Waals surface area contributed by atoms with Crippen LogP contribution in [-0.2, 0) is 4.74 Å². The largest absolute Gasteiger partial charge is 0.461 e. The number of piperidine rings is 1. The SMILES string of the molecule is O=C(COC[C@H]1CCCCN1)c1ccco1. The fourth-order valence-corrected chi connectivity index (χ4v) is 1.87. The maximum atomic E-state index is 11.5. The minimum Gasteiger partial charge on any atom is -0.461 e. The molecule has 1 atom stereocenters. The number of rotatable bonds is 5. The van der Waals surface area contributed by atoms with Crippen molar-refractivity contribution in [3.63, 3.8) is 0 Å². The van der Waals surface area contributed by atoms with E-state index in [0.717, 1.165) is 13.0 Å². The molecule has 0 saturated carbocycles. The van der Waals surface area contributed by atoms with Gasteiger partial charge in [0.25, 0.3) is 0 Å². The lowest BCUT2D eigenvalue weighted by molar-refractivity contribution is 0.0667. The van der Waals surface area contributed by atoms with Crippen LogP contribution in [0.15, 0.2) is 22.8 Å². The number of hydrogen-bond donors (Lipinski definition) is 1. The average molecular weight is 223 g/mol. The maximum absolute atomic E-state index is 11.5. The van der Waals surface area contributed by atoms with E-state index in [-0.39, 0.29) is 12.4 Å². The van der Waals surface area contributed by atoms with Gasteiger partial charge in [-0.2, -0.15) is 0 Å². The van der Waals surface area contributed by atoms with Crippen molar-refractivity contribution in [1.29, 1.82) is 0 Å². The maximum Gasteiger partial charge on any atom is 0.223 e. The van der Waals surface area contributed by atoms with E-state index < -0.39 is 0 Å². The molecule has 1 N–H and O–H groups in total. The third kappa shape index (κ3) is 3.18. The van der Waals surface area contributed by atoms with Gasteiger partial charge in [-0.15, -0.1) is 0 Å². The minimum atomic E-state index is -0.0965. The molecule has 0 bridgehead atoms. The zero-order chi connectivity index (χ0) is 11.2. The lowest BCUT2D eigenvalue weighted by atomic mass is 10.1. The Bertz CT molecular complexity index is 315. The Morgan fingerprint density at radius 1 is 1.56 bits per heavy atom. The third-order valence-corrected chi connectivity index (χ3v) is 2.76. The predicted octanol–water partition coefficient (Wildman–Crippen LogP) is 1.62. The van der Waals surface area contributed by atoms with Gasteiger partial charge in [-0.1, -0.05) is 6.42 Å². The molecule has 0 radical (unpaired) electrons. The van der Waals surface area contributed by atoms with Crippen molar-refractivity contribution in [3.05, 3.63) is 24.2 Å². The van der Waals surface area contributed by atoms with Gasteiger partial charge in [-0.25, -0.2) is 0 Å². The second-order valence-electron chi connectivity index (χ2n) is 4.06. The fourth-order valence-electron chi connectivity index (χ4n) is 1.87. The number of hydrogen-bond acceptors (Lipinski definition) is 4. The highest BCUT2D eigenvalue weighted by Crippen LogP contribution is 2.07. The minimum absolute atomic E-state index is 0.0965. The number of furan rings is 1. The van der Waals surface area contributed by atoms with Gasteiger partial charge in [0.15, 0.2) is 5.76 Å². The molecular formula is C12H17NO3. The number of Topliss-reactive ketones (excluding diaryl/α,β-unsaturated/α-hetero) is 1. The predicted molar refractivity (Wildman–Crippen MR) is 59.5 cm³/mol. The van der Waals surface area contributed by atoms with Crippen molar-refractivity contribution in [2.75, 3.05) is 19.8 Å². The molecule has 1 aliphatic rings. The summed E-state index contributed by atoms with van der Waals surface area (Å²) >= 11 is 0. The Labute approximate surface area is 95.0 Å². The lowest BCUT2D eigenvalue weighted by Gasteiger charge is -2.22. The second-order valence-corrected chi connectivity index (χ2v) is 4.06. The van der Waals surface area contributed by atoms with Gasteiger partial charge in [0, 0.05) is 6.04 Å². The first-order valence-electron chi connectivity index (χ1n) is 5.74. The zero-order valence-electron chi connectivity index (χ0n) is 9.28. The smallest absolute Gasteiger partial charge is 0.223 e. The van der Waals surface area contributed by atoms with Gasteiger partial charge in [0.2, 0.25) is 5.78 Å². The van der Waals surface area contributed by atoms with Crippen LogP contribution >= 0.6 is 0 Å². The molecule has 0 amide bonds. The molecule has 0 unspecified atom stereocenters. The topological polar surface area (TPSA) is 51.5 Å². The van der Waals surface area contributed by atoms with Crippen molar-refractivity contribution in [1.82, 2.24) is 5.32 Å². The van der Waals surface area contributed by atoms with Crippen LogP contribution in [0.5, 0.6) is 0 Å². The van der Waals surface area contributed by atoms with E-state index in [0.29, 0.717) is 18.4 Å². The molecule has 0 aromatic carbocycles. The molecule has 4 nitrogen and oxygen atoms in total. The third-order valence-electron chi connectivity index (χ3n) is 2.76. The summed E-state index contributed by atoms with van der Waals surface area (Å²) in [5.41, 5.74) is 0. The summed E-state index contributed by atoms with van der Waals surface area (Å²) in [6.45, 7) is 1.76. The Kier molecular flexibility index (Phi) is 4.13. The van der Waals surface area contributed by atoms with Crippen LogP contribution in [-0.4, -0.2) is 31.6 Å². The van der Waals surface area contributed by atoms with Crippen LogP contribution < -0.4 is 5.32 Å². The molecule has 0 spiro atoms. The zero-order valence-corrected chi connectivity index (χ0v) is 9.28. The average Bonchev–Trinajstić information content (AvgIpc) is 2.84. The van der Waals surface area contributed by atoms with E-state index in [4.69, 9.17) is 9.15 Å². The van der Waals surface area contributed by atoms with Crippen LogP contribution in [0, 0.1) is 0 Å². The van der Waals surface area contributed by atoms with Crippen molar-refractivity contribution in [2.45, 2.75) is 25.3 Å². The molecule has 1 aromatic rings. The van der Waals surface area contributed by atoms with Crippen molar-refractivity contribution >= 4 is 5.78 Å². The summed E-state index contributed by atoms with van der Waals surface area (Å²) in [5.74, 6) is 0.275. The van der Waals surface area contributed by atoms with E-state index in [9.17, 15) is 4.79 Å². The molecule has 16 heavy (non-hydrogen) atoms. The first kappa shape index (κ1) is 11.4. The quantitative estimate of drug-likeness (QED) is 0.771. The highest BCUT2D eigenvalue weighted by atomic mass is 16.5. The molecule has 1 fully saturated rings. The second kappa shape index (κ2) is 5.82. The van der Waals surface area contributed by atoms with Gasteiger partial charge in [0.1, 0.15) is 6.61 Å². The van der Waals surface area contributed by atoms with Crippen LogP contribution in [0.1, 0.15) is 29.8 Å². The van der Waals surface area contributed by atoms with E-state index in [1.165, 1.54) is 19.1 Å². The van der Waals surface area contributed by atoms with Gasteiger partial charge < -0.3 is 14.5 Å². The van der Waals surface area contributed by atoms with Crippen molar-refractivity contribution < 1.29 is 13.9 Å². The van der Waals surface area contributed by atoms with Crippen molar-refractivity contribution in [3.8, 4) is 0 Å².